The maximum Gasteiger partial charge on any atom is 0.0798 e. The van der Waals surface area contributed by atoms with Crippen molar-refractivity contribution < 1.29 is 0 Å². The first-order chi connectivity index (χ1) is 14.1. The van der Waals surface area contributed by atoms with Crippen LogP contribution in [0.2, 0.25) is 19.6 Å². The Kier molecular flexibility index (Phi) is 4.54. The first-order valence-corrected chi connectivity index (χ1v) is 15.9. The fourth-order valence-corrected chi connectivity index (χ4v) is 9.34. The van der Waals surface area contributed by atoms with E-state index in [9.17, 15) is 0 Å². The van der Waals surface area contributed by atoms with Crippen LogP contribution in [0.1, 0.15) is 53.4 Å². The Morgan fingerprint density at radius 3 is 2.33 bits per heavy atom. The van der Waals surface area contributed by atoms with Crippen LogP contribution in [0.15, 0.2) is 59.0 Å². The van der Waals surface area contributed by atoms with Crippen molar-refractivity contribution >= 4 is 8.07 Å². The molecule has 0 aromatic carbocycles. The van der Waals surface area contributed by atoms with Gasteiger partial charge in [-0.15, -0.1) is 0 Å². The number of allylic oxidation sites excluding steroid dienone is 6. The van der Waals surface area contributed by atoms with Gasteiger partial charge in [0.15, 0.2) is 0 Å². The van der Waals surface area contributed by atoms with E-state index in [1.54, 1.807) is 16.3 Å². The molecule has 5 rings (SSSR count). The van der Waals surface area contributed by atoms with E-state index in [1.165, 1.54) is 25.7 Å². The van der Waals surface area contributed by atoms with Crippen molar-refractivity contribution in [3.8, 4) is 0 Å². The van der Waals surface area contributed by atoms with Gasteiger partial charge >= 0.3 is 0 Å². The molecule has 1 nitrogen and oxygen atoms in total. The van der Waals surface area contributed by atoms with Crippen molar-refractivity contribution in [1.82, 2.24) is 4.90 Å². The van der Waals surface area contributed by atoms with Gasteiger partial charge in [-0.25, -0.2) is 0 Å². The summed E-state index contributed by atoms with van der Waals surface area (Å²) in [7, 11) is -1.49. The Bertz CT molecular complexity index is 896. The molecule has 2 aliphatic heterocycles. The lowest BCUT2D eigenvalue weighted by atomic mass is 9.49. The molecular weight excluding hydrogens is 378 g/mol. The standard InChI is InChI=1S/C28H41NSi/c1-19-11-10-12-20(2)26(19)21-17-28(4)23-14-9-8-13-22(23)27(3)16-15-25(27)29(28)18-24(21)30(5,6)7/h10-12,15-19,22-23,25-26H,8-9,13-14H2,1-7H3. The van der Waals surface area contributed by atoms with Gasteiger partial charge in [0.25, 0.3) is 0 Å². The minimum Gasteiger partial charge on any atom is -0.361 e. The molecule has 0 bridgehead atoms. The van der Waals surface area contributed by atoms with Gasteiger partial charge in [0.1, 0.15) is 0 Å². The molecule has 0 radical (unpaired) electrons. The zero-order valence-electron chi connectivity index (χ0n) is 20.2. The minimum absolute atomic E-state index is 0.152. The molecule has 0 aromatic rings. The van der Waals surface area contributed by atoms with E-state index >= 15 is 0 Å². The molecule has 1 saturated carbocycles. The summed E-state index contributed by atoms with van der Waals surface area (Å²) >= 11 is 0. The third-order valence-electron chi connectivity index (χ3n) is 9.41. The summed E-state index contributed by atoms with van der Waals surface area (Å²) in [6.45, 7) is 17.6. The van der Waals surface area contributed by atoms with E-state index in [1.807, 2.05) is 0 Å². The molecule has 5 aliphatic rings. The Morgan fingerprint density at radius 1 is 1.03 bits per heavy atom. The summed E-state index contributed by atoms with van der Waals surface area (Å²) in [4.78, 5) is 2.83. The van der Waals surface area contributed by atoms with Gasteiger partial charge in [0.05, 0.1) is 19.7 Å². The van der Waals surface area contributed by atoms with Gasteiger partial charge in [-0.1, -0.05) is 88.4 Å². The largest absolute Gasteiger partial charge is 0.361 e. The number of hydrogen-bond acceptors (Lipinski definition) is 1. The molecule has 30 heavy (non-hydrogen) atoms. The topological polar surface area (TPSA) is 3.24 Å². The fourth-order valence-electron chi connectivity index (χ4n) is 7.72. The number of hydrogen-bond donors (Lipinski definition) is 0. The van der Waals surface area contributed by atoms with Crippen molar-refractivity contribution in [3.05, 3.63) is 59.0 Å². The predicted octanol–water partition coefficient (Wildman–Crippen LogP) is 7.28. The van der Waals surface area contributed by atoms with Crippen LogP contribution in [0.5, 0.6) is 0 Å². The average Bonchev–Trinajstić information content (AvgIpc) is 2.66. The summed E-state index contributed by atoms with van der Waals surface area (Å²) in [5.41, 5.74) is 3.74. The van der Waals surface area contributed by atoms with Crippen LogP contribution in [0.25, 0.3) is 0 Å². The molecule has 2 heterocycles. The Morgan fingerprint density at radius 2 is 1.73 bits per heavy atom. The second-order valence-electron chi connectivity index (χ2n) is 12.3. The summed E-state index contributed by atoms with van der Waals surface area (Å²) in [5.74, 6) is 2.72. The van der Waals surface area contributed by atoms with Crippen LogP contribution in [0.4, 0.5) is 0 Å². The van der Waals surface area contributed by atoms with Gasteiger partial charge in [0.2, 0.25) is 0 Å². The van der Waals surface area contributed by atoms with Crippen LogP contribution < -0.4 is 0 Å². The zero-order chi connectivity index (χ0) is 21.5. The SMILES string of the molecule is CC1=CC=CC(C)C1C1=CC2(C)C3CCCCC3C3(C)C=CC3N2C=C1[Si](C)(C)C. The highest BCUT2D eigenvalue weighted by Crippen LogP contribution is 2.62. The van der Waals surface area contributed by atoms with Crippen molar-refractivity contribution in [2.24, 2.45) is 29.1 Å². The summed E-state index contributed by atoms with van der Waals surface area (Å²) in [6, 6.07) is 0.575. The highest BCUT2D eigenvalue weighted by atomic mass is 28.3. The summed E-state index contributed by atoms with van der Waals surface area (Å²) in [6.07, 6.45) is 23.2. The normalized spacial score (nSPS) is 44.8. The van der Waals surface area contributed by atoms with Crippen molar-refractivity contribution in [2.45, 2.75) is 84.6 Å². The average molecular weight is 420 g/mol. The number of rotatable bonds is 2. The third kappa shape index (κ3) is 2.71. The second kappa shape index (κ2) is 6.61. The number of fused-ring (bicyclic) bond motifs is 6. The molecule has 0 spiro atoms. The van der Waals surface area contributed by atoms with Gasteiger partial charge in [0, 0.05) is 17.5 Å². The van der Waals surface area contributed by atoms with Crippen molar-refractivity contribution in [3.63, 3.8) is 0 Å². The lowest BCUT2D eigenvalue weighted by Crippen LogP contribution is -2.70. The van der Waals surface area contributed by atoms with E-state index in [-0.39, 0.29) is 5.54 Å². The second-order valence-corrected chi connectivity index (χ2v) is 17.4. The number of piperidine rings is 1. The van der Waals surface area contributed by atoms with Crippen LogP contribution in [0.3, 0.4) is 0 Å². The van der Waals surface area contributed by atoms with Crippen LogP contribution in [-0.2, 0) is 0 Å². The van der Waals surface area contributed by atoms with Crippen molar-refractivity contribution in [2.75, 3.05) is 0 Å². The van der Waals surface area contributed by atoms with Crippen LogP contribution in [0, 0.1) is 29.1 Å². The zero-order valence-corrected chi connectivity index (χ0v) is 21.2. The molecule has 0 N–H and O–H groups in total. The molecule has 7 atom stereocenters. The van der Waals surface area contributed by atoms with Gasteiger partial charge in [-0.3, -0.25) is 0 Å². The van der Waals surface area contributed by atoms with E-state index in [2.05, 4.69) is 94.9 Å². The van der Waals surface area contributed by atoms with Crippen LogP contribution in [-0.4, -0.2) is 24.6 Å². The van der Waals surface area contributed by atoms with E-state index in [4.69, 9.17) is 0 Å². The summed E-state index contributed by atoms with van der Waals surface area (Å²) in [5, 5.41) is 1.69. The van der Waals surface area contributed by atoms with Crippen molar-refractivity contribution in [1.29, 1.82) is 0 Å². The first-order valence-electron chi connectivity index (χ1n) is 12.4. The lowest BCUT2D eigenvalue weighted by Gasteiger charge is -2.68. The smallest absolute Gasteiger partial charge is 0.0798 e. The third-order valence-corrected chi connectivity index (χ3v) is 11.4. The van der Waals surface area contributed by atoms with E-state index < -0.39 is 8.07 Å². The Labute approximate surface area is 185 Å². The summed E-state index contributed by atoms with van der Waals surface area (Å²) < 4.78 is 0. The molecule has 2 heteroatoms. The number of nitrogens with zero attached hydrogens (tertiary/aromatic N) is 1. The monoisotopic (exact) mass is 419 g/mol. The quantitative estimate of drug-likeness (QED) is 0.336. The molecule has 3 aliphatic carbocycles. The van der Waals surface area contributed by atoms with Gasteiger partial charge in [-0.2, -0.15) is 0 Å². The minimum atomic E-state index is -1.49. The molecule has 162 valence electrons. The molecule has 0 aromatic heterocycles. The highest BCUT2D eigenvalue weighted by Gasteiger charge is 2.61. The van der Waals surface area contributed by atoms with Crippen LogP contribution >= 0.6 is 0 Å². The molecular formula is C28H41NSi. The maximum atomic E-state index is 2.83. The Hall–Kier alpha value is -1.28. The molecule has 7 unspecified atom stereocenters. The fraction of sp³-hybridized carbons (Fsp3) is 0.643. The first kappa shape index (κ1) is 20.6. The molecule has 2 fully saturated rings. The predicted molar refractivity (Wildman–Crippen MR) is 132 cm³/mol. The molecule has 1 saturated heterocycles. The van der Waals surface area contributed by atoms with E-state index in [0.29, 0.717) is 23.3 Å². The molecule has 0 amide bonds. The van der Waals surface area contributed by atoms with Gasteiger partial charge in [-0.05, 0) is 55.2 Å². The maximum absolute atomic E-state index is 2.83. The van der Waals surface area contributed by atoms with Gasteiger partial charge < -0.3 is 4.90 Å². The Balaban J connectivity index is 1.68. The highest BCUT2D eigenvalue weighted by molar-refractivity contribution is 6.84. The lowest BCUT2D eigenvalue weighted by molar-refractivity contribution is -0.0951. The van der Waals surface area contributed by atoms with E-state index in [0.717, 1.165) is 11.8 Å².